The maximum atomic E-state index is 13.1. The molecule has 1 aromatic heterocycles. The van der Waals surface area contributed by atoms with Gasteiger partial charge in [-0.15, -0.1) is 0 Å². The van der Waals surface area contributed by atoms with Crippen molar-refractivity contribution < 1.29 is 18.7 Å². The second-order valence-corrected chi connectivity index (χ2v) is 8.33. The first kappa shape index (κ1) is 21.7. The number of benzene rings is 1. The largest absolute Gasteiger partial charge is 0.478 e. The minimum absolute atomic E-state index is 0.0887. The normalized spacial score (nSPS) is 16.8. The van der Waals surface area contributed by atoms with Gasteiger partial charge in [0.1, 0.15) is 11.6 Å². The molecule has 0 unspecified atom stereocenters. The SMILES string of the molecule is CN(C)C(=O)c1ccc([C@H]2CCCN(C(=O)C(C)(C)Oc3ccc(F)cc3)C2)nc1. The van der Waals surface area contributed by atoms with Gasteiger partial charge >= 0.3 is 0 Å². The molecule has 2 amide bonds. The number of likely N-dealkylation sites (tertiary alicyclic amines) is 1. The van der Waals surface area contributed by atoms with Crippen molar-refractivity contribution in [2.24, 2.45) is 0 Å². The maximum absolute atomic E-state index is 13.1. The van der Waals surface area contributed by atoms with Gasteiger partial charge in [0.2, 0.25) is 0 Å². The van der Waals surface area contributed by atoms with Crippen LogP contribution in [0.5, 0.6) is 5.75 Å². The predicted octanol–water partition coefficient (Wildman–Crippen LogP) is 3.49. The lowest BCUT2D eigenvalue weighted by molar-refractivity contribution is -0.146. The number of ether oxygens (including phenoxy) is 1. The standard InChI is InChI=1S/C23H28FN3O3/c1-23(2,30-19-10-8-18(24)9-11-19)22(29)27-13-5-6-17(15-27)20-12-7-16(14-25-20)21(28)26(3)4/h7-12,14,17H,5-6,13,15H2,1-4H3/t17-/m0/s1. The molecule has 1 saturated heterocycles. The average molecular weight is 413 g/mol. The lowest BCUT2D eigenvalue weighted by atomic mass is 9.92. The highest BCUT2D eigenvalue weighted by Gasteiger charge is 2.37. The van der Waals surface area contributed by atoms with Gasteiger partial charge in [-0.25, -0.2) is 4.39 Å². The number of nitrogens with zero attached hydrogens (tertiary/aromatic N) is 3. The van der Waals surface area contributed by atoms with Gasteiger partial charge in [0, 0.05) is 45.0 Å². The van der Waals surface area contributed by atoms with Crippen LogP contribution in [0.2, 0.25) is 0 Å². The molecule has 0 spiro atoms. The van der Waals surface area contributed by atoms with E-state index in [4.69, 9.17) is 4.74 Å². The second-order valence-electron chi connectivity index (χ2n) is 8.33. The van der Waals surface area contributed by atoms with E-state index in [0.29, 0.717) is 24.4 Å². The molecule has 0 N–H and O–H groups in total. The molecule has 3 rings (SSSR count). The smallest absolute Gasteiger partial charge is 0.266 e. The van der Waals surface area contributed by atoms with Gasteiger partial charge in [-0.05, 0) is 63.1 Å². The van der Waals surface area contributed by atoms with E-state index in [-0.39, 0.29) is 23.5 Å². The zero-order chi connectivity index (χ0) is 21.9. The van der Waals surface area contributed by atoms with Crippen LogP contribution in [0.3, 0.4) is 0 Å². The van der Waals surface area contributed by atoms with Gasteiger partial charge in [0.05, 0.1) is 5.56 Å². The van der Waals surface area contributed by atoms with Gasteiger partial charge < -0.3 is 14.5 Å². The molecule has 160 valence electrons. The van der Waals surface area contributed by atoms with Crippen LogP contribution in [-0.4, -0.2) is 59.4 Å². The lowest BCUT2D eigenvalue weighted by Gasteiger charge is -2.37. The molecule has 0 radical (unpaired) electrons. The Morgan fingerprint density at radius 2 is 1.87 bits per heavy atom. The molecule has 1 atom stereocenters. The molecule has 7 heteroatoms. The molecule has 6 nitrogen and oxygen atoms in total. The highest BCUT2D eigenvalue weighted by Crippen LogP contribution is 2.28. The van der Waals surface area contributed by atoms with Crippen molar-refractivity contribution in [3.8, 4) is 5.75 Å². The van der Waals surface area contributed by atoms with Crippen LogP contribution in [0, 0.1) is 5.82 Å². The fourth-order valence-electron chi connectivity index (χ4n) is 3.66. The summed E-state index contributed by atoms with van der Waals surface area (Å²) in [5.74, 6) is 0.000212. The minimum Gasteiger partial charge on any atom is -0.478 e. The summed E-state index contributed by atoms with van der Waals surface area (Å²) in [4.78, 5) is 33.0. The van der Waals surface area contributed by atoms with Crippen molar-refractivity contribution in [1.82, 2.24) is 14.8 Å². The summed E-state index contributed by atoms with van der Waals surface area (Å²) in [6.45, 7) is 4.65. The Morgan fingerprint density at radius 1 is 1.17 bits per heavy atom. The average Bonchev–Trinajstić information content (AvgIpc) is 2.74. The van der Waals surface area contributed by atoms with E-state index < -0.39 is 5.60 Å². The number of aromatic nitrogens is 1. The molecule has 0 bridgehead atoms. The Bertz CT molecular complexity index is 895. The van der Waals surface area contributed by atoms with Crippen LogP contribution >= 0.6 is 0 Å². The number of pyridine rings is 1. The van der Waals surface area contributed by atoms with E-state index in [1.54, 1.807) is 45.1 Å². The van der Waals surface area contributed by atoms with E-state index in [0.717, 1.165) is 18.5 Å². The van der Waals surface area contributed by atoms with E-state index >= 15 is 0 Å². The minimum atomic E-state index is -1.07. The van der Waals surface area contributed by atoms with Crippen LogP contribution in [0.25, 0.3) is 0 Å². The molecular formula is C23H28FN3O3. The Hall–Kier alpha value is -2.96. The van der Waals surface area contributed by atoms with Crippen LogP contribution in [-0.2, 0) is 4.79 Å². The van der Waals surface area contributed by atoms with Crippen molar-refractivity contribution in [2.45, 2.75) is 38.2 Å². The van der Waals surface area contributed by atoms with Gasteiger partial charge in [-0.1, -0.05) is 0 Å². The van der Waals surface area contributed by atoms with Gasteiger partial charge in [-0.3, -0.25) is 14.6 Å². The van der Waals surface area contributed by atoms with E-state index in [9.17, 15) is 14.0 Å². The number of amides is 2. The molecule has 2 aromatic rings. The third-order valence-electron chi connectivity index (χ3n) is 5.27. The topological polar surface area (TPSA) is 62.7 Å². The number of rotatable bonds is 5. The van der Waals surface area contributed by atoms with E-state index in [1.807, 2.05) is 6.07 Å². The van der Waals surface area contributed by atoms with Crippen LogP contribution in [0.15, 0.2) is 42.6 Å². The zero-order valence-corrected chi connectivity index (χ0v) is 17.9. The Morgan fingerprint density at radius 3 is 2.47 bits per heavy atom. The summed E-state index contributed by atoms with van der Waals surface area (Å²) in [6, 6.07) is 9.31. The highest BCUT2D eigenvalue weighted by atomic mass is 19.1. The molecule has 30 heavy (non-hydrogen) atoms. The summed E-state index contributed by atoms with van der Waals surface area (Å²) < 4.78 is 19.0. The quantitative estimate of drug-likeness (QED) is 0.753. The molecular weight excluding hydrogens is 385 g/mol. The van der Waals surface area contributed by atoms with Crippen molar-refractivity contribution >= 4 is 11.8 Å². The second kappa shape index (κ2) is 8.81. The summed E-state index contributed by atoms with van der Waals surface area (Å²) in [6.07, 6.45) is 3.39. The molecule has 1 aromatic carbocycles. The third kappa shape index (κ3) is 4.96. The first-order chi connectivity index (χ1) is 14.2. The van der Waals surface area contributed by atoms with Gasteiger partial charge in [-0.2, -0.15) is 0 Å². The number of carbonyl (C=O) groups is 2. The molecule has 0 saturated carbocycles. The molecule has 1 aliphatic rings. The maximum Gasteiger partial charge on any atom is 0.266 e. The van der Waals surface area contributed by atoms with Gasteiger partial charge in [0.25, 0.3) is 11.8 Å². The Labute approximate surface area is 176 Å². The number of halogens is 1. The van der Waals surface area contributed by atoms with Crippen molar-refractivity contribution in [3.05, 3.63) is 59.7 Å². The Balaban J connectivity index is 1.68. The number of hydrogen-bond acceptors (Lipinski definition) is 4. The number of carbonyl (C=O) groups excluding carboxylic acids is 2. The molecule has 0 aliphatic carbocycles. The van der Waals surface area contributed by atoms with Crippen molar-refractivity contribution in [3.63, 3.8) is 0 Å². The third-order valence-corrected chi connectivity index (χ3v) is 5.27. The summed E-state index contributed by atoms with van der Waals surface area (Å²) >= 11 is 0. The first-order valence-electron chi connectivity index (χ1n) is 10.1. The zero-order valence-electron chi connectivity index (χ0n) is 17.9. The summed E-state index contributed by atoms with van der Waals surface area (Å²) in [7, 11) is 3.41. The van der Waals surface area contributed by atoms with Gasteiger partial charge in [0.15, 0.2) is 5.60 Å². The van der Waals surface area contributed by atoms with E-state index in [2.05, 4.69) is 4.98 Å². The molecule has 1 aliphatic heterocycles. The van der Waals surface area contributed by atoms with Crippen molar-refractivity contribution in [1.29, 1.82) is 0 Å². The van der Waals surface area contributed by atoms with E-state index in [1.165, 1.54) is 29.2 Å². The Kier molecular flexibility index (Phi) is 6.39. The molecule has 2 heterocycles. The lowest BCUT2D eigenvalue weighted by Crippen LogP contribution is -2.51. The first-order valence-corrected chi connectivity index (χ1v) is 10.1. The fourth-order valence-corrected chi connectivity index (χ4v) is 3.66. The predicted molar refractivity (Wildman–Crippen MR) is 112 cm³/mol. The van der Waals surface area contributed by atoms with Crippen molar-refractivity contribution in [2.75, 3.05) is 27.2 Å². The summed E-state index contributed by atoms with van der Waals surface area (Å²) in [5.41, 5.74) is 0.344. The number of hydrogen-bond donors (Lipinski definition) is 0. The molecule has 1 fully saturated rings. The monoisotopic (exact) mass is 413 g/mol. The van der Waals surface area contributed by atoms with Crippen LogP contribution in [0.4, 0.5) is 4.39 Å². The fraction of sp³-hybridized carbons (Fsp3) is 0.435. The summed E-state index contributed by atoms with van der Waals surface area (Å²) in [5, 5.41) is 0. The number of piperidine rings is 1. The highest BCUT2D eigenvalue weighted by molar-refractivity contribution is 5.93. The van der Waals surface area contributed by atoms with Crippen LogP contribution < -0.4 is 4.74 Å². The van der Waals surface area contributed by atoms with Crippen LogP contribution in [0.1, 0.15) is 48.7 Å².